The lowest BCUT2D eigenvalue weighted by Crippen LogP contribution is -2.03. The lowest BCUT2D eigenvalue weighted by Gasteiger charge is -1.87. The van der Waals surface area contributed by atoms with Gasteiger partial charge in [0.2, 0.25) is 0 Å². The number of pyridine rings is 1. The summed E-state index contributed by atoms with van der Waals surface area (Å²) in [5.41, 5.74) is -0.207. The Morgan fingerprint density at radius 1 is 1.38 bits per heavy atom. The zero-order chi connectivity index (χ0) is 9.42. The quantitative estimate of drug-likeness (QED) is 0.500. The molecule has 2 heterocycles. The lowest BCUT2D eigenvalue weighted by atomic mass is 10.3. The van der Waals surface area contributed by atoms with Crippen LogP contribution in [0.3, 0.4) is 0 Å². The average molecular weight is 179 g/mol. The molecule has 0 atom stereocenters. The van der Waals surface area contributed by atoms with E-state index < -0.39 is 4.92 Å². The molecule has 6 nitrogen and oxygen atoms in total. The molecule has 2 rings (SSSR count). The molecule has 0 saturated heterocycles. The predicted octanol–water partition coefficient (Wildman–Crippen LogP) is 0.764. The van der Waals surface area contributed by atoms with Crippen LogP contribution in [-0.2, 0) is 0 Å². The van der Waals surface area contributed by atoms with Crippen LogP contribution in [0.5, 0.6) is 0 Å². The van der Waals surface area contributed by atoms with Gasteiger partial charge in [0.15, 0.2) is 0 Å². The molecule has 0 amide bonds. The summed E-state index contributed by atoms with van der Waals surface area (Å²) >= 11 is 0. The monoisotopic (exact) mass is 179 g/mol. The van der Waals surface area contributed by atoms with Crippen LogP contribution in [0, 0.1) is 10.1 Å². The molecule has 0 unspecified atom stereocenters. The summed E-state index contributed by atoms with van der Waals surface area (Å²) in [7, 11) is 0. The highest BCUT2D eigenvalue weighted by Crippen LogP contribution is 2.21. The number of fused-ring (bicyclic) bond motifs is 1. The first-order chi connectivity index (χ1) is 6.20. The first kappa shape index (κ1) is 7.53. The van der Waals surface area contributed by atoms with Gasteiger partial charge in [-0.1, -0.05) is 0 Å². The minimum absolute atomic E-state index is 0.0823. The Kier molecular flexibility index (Phi) is 1.42. The van der Waals surface area contributed by atoms with Crippen molar-refractivity contribution in [3.05, 3.63) is 38.9 Å². The number of aromatic amines is 2. The fourth-order valence-electron chi connectivity index (χ4n) is 1.20. The van der Waals surface area contributed by atoms with Crippen LogP contribution in [-0.4, -0.2) is 14.9 Å². The van der Waals surface area contributed by atoms with Crippen LogP contribution in [0.4, 0.5) is 5.69 Å². The highest BCUT2D eigenvalue weighted by molar-refractivity contribution is 5.87. The topological polar surface area (TPSA) is 91.8 Å². The van der Waals surface area contributed by atoms with E-state index in [1.54, 1.807) is 0 Å². The highest BCUT2D eigenvalue weighted by atomic mass is 16.6. The zero-order valence-electron chi connectivity index (χ0n) is 6.40. The summed E-state index contributed by atoms with van der Waals surface area (Å²) < 4.78 is 0. The van der Waals surface area contributed by atoms with Crippen molar-refractivity contribution in [2.45, 2.75) is 0 Å². The van der Waals surface area contributed by atoms with Gasteiger partial charge in [0, 0.05) is 6.20 Å². The maximum atomic E-state index is 11.1. The van der Waals surface area contributed by atoms with Crippen molar-refractivity contribution >= 4 is 16.6 Å². The van der Waals surface area contributed by atoms with E-state index >= 15 is 0 Å². The third-order valence-electron chi connectivity index (χ3n) is 1.79. The Morgan fingerprint density at radius 2 is 2.15 bits per heavy atom. The molecule has 0 radical (unpaired) electrons. The molecule has 6 heteroatoms. The maximum absolute atomic E-state index is 11.1. The molecule has 66 valence electrons. The number of hydrogen-bond acceptors (Lipinski definition) is 3. The SMILES string of the molecule is O=c1[nH]ccc2c([N+](=O)[O-])c[nH]c12. The number of nitrogens with zero attached hydrogens (tertiary/aromatic N) is 1. The second-order valence-corrected chi connectivity index (χ2v) is 2.53. The lowest BCUT2D eigenvalue weighted by molar-refractivity contribution is -0.383. The number of rotatable bonds is 1. The number of aromatic nitrogens is 2. The van der Waals surface area contributed by atoms with Crippen molar-refractivity contribution in [1.29, 1.82) is 0 Å². The van der Waals surface area contributed by atoms with Crippen LogP contribution in [0.15, 0.2) is 23.3 Å². The van der Waals surface area contributed by atoms with Crippen molar-refractivity contribution in [1.82, 2.24) is 9.97 Å². The van der Waals surface area contributed by atoms with Crippen LogP contribution in [0.25, 0.3) is 10.9 Å². The van der Waals surface area contributed by atoms with Gasteiger partial charge in [-0.25, -0.2) is 0 Å². The number of hydrogen-bond donors (Lipinski definition) is 2. The van der Waals surface area contributed by atoms with E-state index in [0.29, 0.717) is 5.39 Å². The summed E-state index contributed by atoms with van der Waals surface area (Å²) in [5.74, 6) is 0. The number of H-pyrrole nitrogens is 2. The number of nitro groups is 1. The Balaban J connectivity index is 2.91. The van der Waals surface area contributed by atoms with Gasteiger partial charge in [-0.05, 0) is 6.07 Å². The van der Waals surface area contributed by atoms with Crippen molar-refractivity contribution in [2.75, 3.05) is 0 Å². The van der Waals surface area contributed by atoms with Gasteiger partial charge < -0.3 is 9.97 Å². The Hall–Kier alpha value is -2.11. The van der Waals surface area contributed by atoms with Crippen molar-refractivity contribution in [2.24, 2.45) is 0 Å². The molecule has 0 fully saturated rings. The highest BCUT2D eigenvalue weighted by Gasteiger charge is 2.14. The molecule has 2 N–H and O–H groups in total. The van der Waals surface area contributed by atoms with Crippen LogP contribution >= 0.6 is 0 Å². The molecule has 0 bridgehead atoms. The Labute approximate surface area is 71.4 Å². The van der Waals surface area contributed by atoms with Gasteiger partial charge >= 0.3 is 0 Å². The fourth-order valence-corrected chi connectivity index (χ4v) is 1.20. The molecule has 0 aromatic carbocycles. The van der Waals surface area contributed by atoms with Crippen LogP contribution in [0.2, 0.25) is 0 Å². The molecular formula is C7H5N3O3. The summed E-state index contributed by atoms with van der Waals surface area (Å²) in [6.07, 6.45) is 2.59. The second kappa shape index (κ2) is 2.44. The fraction of sp³-hybridized carbons (Fsp3) is 0. The normalized spacial score (nSPS) is 10.5. The first-order valence-corrected chi connectivity index (χ1v) is 3.53. The smallest absolute Gasteiger partial charge is 0.294 e. The molecule has 2 aromatic rings. The third-order valence-corrected chi connectivity index (χ3v) is 1.79. The summed E-state index contributed by atoms with van der Waals surface area (Å²) in [6.45, 7) is 0. The standard InChI is InChI=1S/C7H5N3O3/c11-7-6-4(1-2-8-7)5(3-9-6)10(12)13/h1-3,9H,(H,8,11). The molecule has 2 aromatic heterocycles. The van der Waals surface area contributed by atoms with Crippen LogP contribution in [0.1, 0.15) is 0 Å². The Bertz CT molecular complexity index is 525. The van der Waals surface area contributed by atoms with Gasteiger partial charge in [-0.15, -0.1) is 0 Å². The summed E-state index contributed by atoms with van der Waals surface area (Å²) in [6, 6.07) is 1.49. The van der Waals surface area contributed by atoms with E-state index in [4.69, 9.17) is 0 Å². The molecule has 0 aliphatic heterocycles. The van der Waals surface area contributed by atoms with Crippen molar-refractivity contribution < 1.29 is 4.92 Å². The molecule has 13 heavy (non-hydrogen) atoms. The largest absolute Gasteiger partial charge is 0.351 e. The molecule has 0 aliphatic carbocycles. The molecular weight excluding hydrogens is 174 g/mol. The van der Waals surface area contributed by atoms with Gasteiger partial charge in [0.25, 0.3) is 11.2 Å². The second-order valence-electron chi connectivity index (χ2n) is 2.53. The predicted molar refractivity (Wildman–Crippen MR) is 45.6 cm³/mol. The minimum atomic E-state index is -0.529. The maximum Gasteiger partial charge on any atom is 0.294 e. The van der Waals surface area contributed by atoms with E-state index in [2.05, 4.69) is 9.97 Å². The first-order valence-electron chi connectivity index (χ1n) is 3.53. The van der Waals surface area contributed by atoms with E-state index in [0.717, 1.165) is 0 Å². The van der Waals surface area contributed by atoms with Crippen LogP contribution < -0.4 is 5.56 Å². The van der Waals surface area contributed by atoms with Gasteiger partial charge in [-0.2, -0.15) is 0 Å². The Morgan fingerprint density at radius 3 is 2.85 bits per heavy atom. The molecule has 0 aliphatic rings. The van der Waals surface area contributed by atoms with Gasteiger partial charge in [0.05, 0.1) is 16.5 Å². The zero-order valence-corrected chi connectivity index (χ0v) is 6.40. The number of nitrogens with one attached hydrogen (secondary N) is 2. The van der Waals surface area contributed by atoms with E-state index in [-0.39, 0.29) is 16.8 Å². The van der Waals surface area contributed by atoms with Gasteiger partial charge in [0.1, 0.15) is 5.52 Å². The summed E-state index contributed by atoms with van der Waals surface area (Å²) in [4.78, 5) is 26.0. The third kappa shape index (κ3) is 0.994. The molecule has 0 spiro atoms. The minimum Gasteiger partial charge on any atom is -0.351 e. The molecule has 0 saturated carbocycles. The summed E-state index contributed by atoms with van der Waals surface area (Å²) in [5, 5.41) is 10.8. The van der Waals surface area contributed by atoms with Crippen molar-refractivity contribution in [3.63, 3.8) is 0 Å². The van der Waals surface area contributed by atoms with Crippen molar-refractivity contribution in [3.8, 4) is 0 Å². The van der Waals surface area contributed by atoms with E-state index in [1.165, 1.54) is 18.5 Å². The van der Waals surface area contributed by atoms with E-state index in [1.807, 2.05) is 0 Å². The average Bonchev–Trinajstić information content (AvgIpc) is 2.48. The van der Waals surface area contributed by atoms with E-state index in [9.17, 15) is 14.9 Å². The van der Waals surface area contributed by atoms with Gasteiger partial charge in [-0.3, -0.25) is 14.9 Å².